The first-order valence-electron chi connectivity index (χ1n) is 13.7. The summed E-state index contributed by atoms with van der Waals surface area (Å²) in [5.74, 6) is -0.960. The first-order chi connectivity index (χ1) is 20.3. The van der Waals surface area contributed by atoms with Gasteiger partial charge < -0.3 is 15.4 Å². The van der Waals surface area contributed by atoms with E-state index in [9.17, 15) is 24.5 Å². The number of ether oxygens (including phenoxy) is 1. The van der Waals surface area contributed by atoms with E-state index in [1.807, 2.05) is 37.3 Å². The van der Waals surface area contributed by atoms with Gasteiger partial charge in [-0.05, 0) is 60.4 Å². The molecule has 4 rings (SSSR count). The number of urea groups is 1. The largest absolute Gasteiger partial charge is 0.463 e. The summed E-state index contributed by atoms with van der Waals surface area (Å²) < 4.78 is 5.47. The molecule has 3 amide bonds. The monoisotopic (exact) mass is 568 g/mol. The molecule has 0 radical (unpaired) electrons. The number of carbonyl (C=O) groups excluding carboxylic acids is 3. The van der Waals surface area contributed by atoms with Gasteiger partial charge in [0.1, 0.15) is 0 Å². The Morgan fingerprint density at radius 3 is 2.45 bits per heavy atom. The third-order valence-electron chi connectivity index (χ3n) is 6.62. The van der Waals surface area contributed by atoms with Crippen molar-refractivity contribution in [1.82, 2.24) is 10.2 Å². The number of anilines is 1. The van der Waals surface area contributed by atoms with Crippen molar-refractivity contribution in [2.45, 2.75) is 32.7 Å². The number of carbonyl (C=O) groups is 3. The van der Waals surface area contributed by atoms with Crippen LogP contribution in [0.25, 0.3) is 11.8 Å². The number of esters is 1. The molecule has 10 heteroatoms. The number of amides is 3. The first kappa shape index (κ1) is 29.7. The summed E-state index contributed by atoms with van der Waals surface area (Å²) in [7, 11) is 0. The van der Waals surface area contributed by atoms with Crippen molar-refractivity contribution in [2.75, 3.05) is 18.5 Å². The van der Waals surface area contributed by atoms with Gasteiger partial charge in [0.25, 0.3) is 5.69 Å². The van der Waals surface area contributed by atoms with Gasteiger partial charge in [-0.2, -0.15) is 0 Å². The zero-order valence-electron chi connectivity index (χ0n) is 23.4. The molecule has 1 aliphatic heterocycles. The lowest BCUT2D eigenvalue weighted by atomic mass is 9.91. The predicted octanol–water partition coefficient (Wildman–Crippen LogP) is 6.09. The highest BCUT2D eigenvalue weighted by Gasteiger charge is 2.38. The van der Waals surface area contributed by atoms with Gasteiger partial charge in [0, 0.05) is 30.4 Å². The number of hydrogen-bond acceptors (Lipinski definition) is 6. The summed E-state index contributed by atoms with van der Waals surface area (Å²) in [5.41, 5.74) is 3.16. The van der Waals surface area contributed by atoms with E-state index in [0.717, 1.165) is 18.4 Å². The molecular formula is C32H32N4O6. The Morgan fingerprint density at radius 1 is 1.05 bits per heavy atom. The van der Waals surface area contributed by atoms with Crippen LogP contribution >= 0.6 is 0 Å². The fraction of sp³-hybridized carbons (Fsp3) is 0.219. The van der Waals surface area contributed by atoms with Crippen molar-refractivity contribution in [1.29, 1.82) is 0 Å². The molecule has 3 aromatic carbocycles. The quantitative estimate of drug-likeness (QED) is 0.125. The molecule has 0 spiro atoms. The summed E-state index contributed by atoms with van der Waals surface area (Å²) in [5, 5.41) is 16.6. The molecule has 42 heavy (non-hydrogen) atoms. The van der Waals surface area contributed by atoms with E-state index in [2.05, 4.69) is 10.6 Å². The van der Waals surface area contributed by atoms with Gasteiger partial charge in [0.05, 0.1) is 28.8 Å². The van der Waals surface area contributed by atoms with Crippen LogP contribution in [-0.2, 0) is 14.3 Å². The summed E-state index contributed by atoms with van der Waals surface area (Å²) in [6, 6.07) is 20.9. The van der Waals surface area contributed by atoms with Crippen molar-refractivity contribution in [3.05, 3.63) is 117 Å². The topological polar surface area (TPSA) is 131 Å². The number of nitrogens with one attached hydrogen (secondary N) is 2. The van der Waals surface area contributed by atoms with Crippen LogP contribution in [0.4, 0.5) is 16.2 Å². The second kappa shape index (κ2) is 13.9. The molecule has 0 fully saturated rings. The van der Waals surface area contributed by atoms with Gasteiger partial charge in [-0.15, -0.1) is 0 Å². The van der Waals surface area contributed by atoms with Crippen molar-refractivity contribution in [3.63, 3.8) is 0 Å². The van der Waals surface area contributed by atoms with E-state index in [1.165, 1.54) is 18.2 Å². The van der Waals surface area contributed by atoms with Crippen LogP contribution in [0.2, 0.25) is 0 Å². The normalized spacial score (nSPS) is 15.0. The number of nitro benzene ring substituents is 1. The lowest BCUT2D eigenvalue weighted by molar-refractivity contribution is -0.384. The fourth-order valence-electron chi connectivity index (χ4n) is 4.63. The molecule has 0 aromatic heterocycles. The zero-order valence-corrected chi connectivity index (χ0v) is 23.4. The molecule has 216 valence electrons. The Morgan fingerprint density at radius 2 is 1.79 bits per heavy atom. The molecule has 1 unspecified atom stereocenters. The molecule has 0 saturated heterocycles. The minimum absolute atomic E-state index is 0.0386. The van der Waals surface area contributed by atoms with Gasteiger partial charge in [-0.3, -0.25) is 19.8 Å². The van der Waals surface area contributed by atoms with E-state index in [0.29, 0.717) is 34.6 Å². The van der Waals surface area contributed by atoms with Crippen LogP contribution in [-0.4, -0.2) is 40.9 Å². The molecule has 0 aliphatic carbocycles. The maximum absolute atomic E-state index is 13.5. The Kier molecular flexibility index (Phi) is 9.83. The minimum Gasteiger partial charge on any atom is -0.463 e. The standard InChI is InChI=1S/C32H32N4O6/c1-3-5-20-35-30(23-10-7-6-8-11-23)28(31(38)42-4-2)29(34-32(35)39)24-12-9-13-25(21-24)33-27(37)19-16-22-14-17-26(18-15-22)36(40)41/h6-19,21,29H,3-5,20H2,1-2H3,(H,33,37)(H,34,39)/b19-16+. The number of non-ortho nitro benzene ring substituents is 1. The van der Waals surface area contributed by atoms with Crippen molar-refractivity contribution in [2.24, 2.45) is 0 Å². The fourth-order valence-corrected chi connectivity index (χ4v) is 4.63. The number of benzene rings is 3. The van der Waals surface area contributed by atoms with Crippen molar-refractivity contribution in [3.8, 4) is 0 Å². The van der Waals surface area contributed by atoms with E-state index >= 15 is 0 Å². The number of unbranched alkanes of at least 4 members (excludes halogenated alkanes) is 1. The van der Waals surface area contributed by atoms with Gasteiger partial charge >= 0.3 is 12.0 Å². The average Bonchev–Trinajstić information content (AvgIpc) is 2.99. The minimum atomic E-state index is -0.822. The number of rotatable bonds is 11. The Hall–Kier alpha value is -5.25. The van der Waals surface area contributed by atoms with E-state index < -0.39 is 22.8 Å². The third-order valence-corrected chi connectivity index (χ3v) is 6.62. The average molecular weight is 569 g/mol. The highest BCUT2D eigenvalue weighted by atomic mass is 16.6. The van der Waals surface area contributed by atoms with Crippen LogP contribution in [0.1, 0.15) is 49.4 Å². The number of hydrogen-bond donors (Lipinski definition) is 2. The Bertz CT molecular complexity index is 1520. The lowest BCUT2D eigenvalue weighted by Crippen LogP contribution is -2.48. The molecule has 1 atom stereocenters. The molecular weight excluding hydrogens is 536 g/mol. The molecule has 3 aromatic rings. The van der Waals surface area contributed by atoms with Crippen molar-refractivity contribution < 1.29 is 24.0 Å². The van der Waals surface area contributed by atoms with Crippen LogP contribution in [0.5, 0.6) is 0 Å². The highest BCUT2D eigenvalue weighted by Crippen LogP contribution is 2.37. The van der Waals surface area contributed by atoms with Crippen LogP contribution < -0.4 is 10.6 Å². The molecule has 2 N–H and O–H groups in total. The molecule has 0 saturated carbocycles. The van der Waals surface area contributed by atoms with Gasteiger partial charge in [-0.1, -0.05) is 55.8 Å². The van der Waals surface area contributed by atoms with Crippen LogP contribution in [0.15, 0.2) is 90.5 Å². The summed E-state index contributed by atoms with van der Waals surface area (Å²) >= 11 is 0. The van der Waals surface area contributed by atoms with E-state index in [4.69, 9.17) is 4.74 Å². The molecule has 10 nitrogen and oxygen atoms in total. The van der Waals surface area contributed by atoms with Crippen molar-refractivity contribution >= 4 is 41.1 Å². The second-order valence-electron chi connectivity index (χ2n) is 9.53. The van der Waals surface area contributed by atoms with E-state index in [-0.39, 0.29) is 18.3 Å². The van der Waals surface area contributed by atoms with E-state index in [1.54, 1.807) is 54.3 Å². The molecule has 1 heterocycles. The maximum Gasteiger partial charge on any atom is 0.338 e. The van der Waals surface area contributed by atoms with Gasteiger partial charge in [0.2, 0.25) is 5.91 Å². The summed E-state index contributed by atoms with van der Waals surface area (Å²) in [6.07, 6.45) is 4.48. The lowest BCUT2D eigenvalue weighted by Gasteiger charge is -2.37. The SMILES string of the molecule is CCCCN1C(=O)NC(c2cccc(NC(=O)/C=C/c3ccc([N+](=O)[O-])cc3)c2)C(C(=O)OCC)=C1c1ccccc1. The summed E-state index contributed by atoms with van der Waals surface area (Å²) in [4.78, 5) is 51.5. The number of nitro groups is 1. The van der Waals surface area contributed by atoms with Crippen LogP contribution in [0, 0.1) is 10.1 Å². The first-order valence-corrected chi connectivity index (χ1v) is 13.7. The Balaban J connectivity index is 1.67. The third kappa shape index (κ3) is 7.08. The van der Waals surface area contributed by atoms with Gasteiger partial charge in [0.15, 0.2) is 0 Å². The second-order valence-corrected chi connectivity index (χ2v) is 9.53. The smallest absolute Gasteiger partial charge is 0.338 e. The predicted molar refractivity (Wildman–Crippen MR) is 160 cm³/mol. The zero-order chi connectivity index (χ0) is 30.1. The Labute approximate surface area is 243 Å². The van der Waals surface area contributed by atoms with Gasteiger partial charge in [-0.25, -0.2) is 9.59 Å². The highest BCUT2D eigenvalue weighted by molar-refractivity contribution is 6.05. The maximum atomic E-state index is 13.5. The summed E-state index contributed by atoms with van der Waals surface area (Å²) in [6.45, 7) is 4.35. The number of nitrogens with zero attached hydrogens (tertiary/aromatic N) is 2. The molecule has 0 bridgehead atoms. The molecule has 1 aliphatic rings. The van der Waals surface area contributed by atoms with Crippen LogP contribution in [0.3, 0.4) is 0 Å².